The van der Waals surface area contributed by atoms with Crippen LogP contribution >= 0.6 is 23.2 Å². The van der Waals surface area contributed by atoms with Gasteiger partial charge in [-0.25, -0.2) is 0 Å². The van der Waals surface area contributed by atoms with Gasteiger partial charge in [0.25, 0.3) is 11.6 Å². The van der Waals surface area contributed by atoms with Gasteiger partial charge in [0, 0.05) is 31.3 Å². The molecule has 2 N–H and O–H groups in total. The number of halogens is 2. The monoisotopic (exact) mass is 331 g/mol. The summed E-state index contributed by atoms with van der Waals surface area (Å²) in [5.41, 5.74) is 5.72. The van der Waals surface area contributed by atoms with Crippen LogP contribution in [0.5, 0.6) is 0 Å². The zero-order valence-electron chi connectivity index (χ0n) is 11.4. The van der Waals surface area contributed by atoms with Crippen molar-refractivity contribution in [1.29, 1.82) is 0 Å². The molecule has 1 amide bonds. The van der Waals surface area contributed by atoms with E-state index in [1.807, 2.05) is 6.92 Å². The van der Waals surface area contributed by atoms with E-state index in [0.29, 0.717) is 19.5 Å². The minimum Gasteiger partial charge on any atom is -0.338 e. The molecule has 1 heterocycles. The van der Waals surface area contributed by atoms with E-state index in [9.17, 15) is 14.9 Å². The van der Waals surface area contributed by atoms with Crippen LogP contribution in [-0.4, -0.2) is 34.9 Å². The molecule has 0 radical (unpaired) electrons. The molecule has 2 atom stereocenters. The number of benzene rings is 1. The van der Waals surface area contributed by atoms with Crippen molar-refractivity contribution in [1.82, 2.24) is 4.90 Å². The van der Waals surface area contributed by atoms with Gasteiger partial charge in [0.05, 0.1) is 20.5 Å². The van der Waals surface area contributed by atoms with Gasteiger partial charge in [-0.3, -0.25) is 14.9 Å². The minimum absolute atomic E-state index is 0.00373. The first kappa shape index (κ1) is 16.0. The highest BCUT2D eigenvalue weighted by Gasteiger charge is 2.29. The fourth-order valence-corrected chi connectivity index (χ4v) is 2.76. The van der Waals surface area contributed by atoms with Crippen molar-refractivity contribution in [2.75, 3.05) is 13.1 Å². The Kier molecular flexibility index (Phi) is 4.70. The summed E-state index contributed by atoms with van der Waals surface area (Å²) in [5.74, 6) is -0.194. The number of carbonyl (C=O) groups is 1. The summed E-state index contributed by atoms with van der Waals surface area (Å²) in [6.45, 7) is 2.96. The molecule has 0 bridgehead atoms. The smallest absolute Gasteiger partial charge is 0.271 e. The Morgan fingerprint density at radius 1 is 1.48 bits per heavy atom. The van der Waals surface area contributed by atoms with Gasteiger partial charge in [-0.2, -0.15) is 0 Å². The highest BCUT2D eigenvalue weighted by Crippen LogP contribution is 2.32. The molecule has 0 saturated carbocycles. The molecule has 6 nitrogen and oxygen atoms in total. The van der Waals surface area contributed by atoms with Gasteiger partial charge in [0.1, 0.15) is 0 Å². The van der Waals surface area contributed by atoms with Crippen LogP contribution in [0.25, 0.3) is 0 Å². The molecule has 0 spiro atoms. The van der Waals surface area contributed by atoms with Gasteiger partial charge in [-0.05, 0) is 12.3 Å². The quantitative estimate of drug-likeness (QED) is 0.666. The second-order valence-corrected chi connectivity index (χ2v) is 6.01. The maximum absolute atomic E-state index is 12.5. The van der Waals surface area contributed by atoms with Crippen molar-refractivity contribution in [2.24, 2.45) is 11.7 Å². The van der Waals surface area contributed by atoms with Crippen molar-refractivity contribution < 1.29 is 9.72 Å². The molecule has 21 heavy (non-hydrogen) atoms. The summed E-state index contributed by atoms with van der Waals surface area (Å²) in [5, 5.41) is 10.9. The molecule has 2 rings (SSSR count). The third-order valence-electron chi connectivity index (χ3n) is 3.71. The zero-order chi connectivity index (χ0) is 15.7. The molecule has 0 aliphatic carbocycles. The van der Waals surface area contributed by atoms with Gasteiger partial charge < -0.3 is 10.6 Å². The molecular formula is C13H15Cl2N3O3. The average Bonchev–Trinajstić information content (AvgIpc) is 2.43. The number of likely N-dealkylation sites (tertiary alicyclic amines) is 1. The Labute approximate surface area is 132 Å². The van der Waals surface area contributed by atoms with E-state index >= 15 is 0 Å². The molecule has 8 heteroatoms. The summed E-state index contributed by atoms with van der Waals surface area (Å²) in [4.78, 5) is 24.4. The topological polar surface area (TPSA) is 89.5 Å². The van der Waals surface area contributed by atoms with E-state index in [1.165, 1.54) is 0 Å². The maximum Gasteiger partial charge on any atom is 0.271 e. The summed E-state index contributed by atoms with van der Waals surface area (Å²) in [6, 6.07) is 2.35. The lowest BCUT2D eigenvalue weighted by Gasteiger charge is -2.35. The van der Waals surface area contributed by atoms with Crippen LogP contribution in [0.2, 0.25) is 10.0 Å². The van der Waals surface area contributed by atoms with Crippen LogP contribution in [0.4, 0.5) is 5.69 Å². The van der Waals surface area contributed by atoms with Crippen LogP contribution in [0.3, 0.4) is 0 Å². The molecule has 0 aromatic heterocycles. The largest absolute Gasteiger partial charge is 0.338 e. The van der Waals surface area contributed by atoms with Gasteiger partial charge in [-0.1, -0.05) is 30.1 Å². The first-order valence-electron chi connectivity index (χ1n) is 6.49. The van der Waals surface area contributed by atoms with Crippen molar-refractivity contribution in [3.05, 3.63) is 37.9 Å². The molecule has 1 fully saturated rings. The van der Waals surface area contributed by atoms with E-state index in [-0.39, 0.29) is 39.2 Å². The standard InChI is InChI=1S/C13H15Cl2N3O3/c1-7-6-17(3-2-11(7)16)13(19)9-4-8(18(20)21)5-10(14)12(9)15/h4-5,7,11H,2-3,6,16H2,1H3. The number of rotatable bonds is 2. The lowest BCUT2D eigenvalue weighted by atomic mass is 9.94. The zero-order valence-corrected chi connectivity index (χ0v) is 12.9. The summed E-state index contributed by atoms with van der Waals surface area (Å²) in [7, 11) is 0. The first-order valence-corrected chi connectivity index (χ1v) is 7.25. The number of nitrogens with zero attached hydrogens (tertiary/aromatic N) is 2. The van der Waals surface area contributed by atoms with Gasteiger partial charge >= 0.3 is 0 Å². The number of carbonyl (C=O) groups excluding carboxylic acids is 1. The maximum atomic E-state index is 12.5. The van der Waals surface area contributed by atoms with E-state index in [2.05, 4.69) is 0 Å². The number of amides is 1. The van der Waals surface area contributed by atoms with Crippen LogP contribution < -0.4 is 5.73 Å². The van der Waals surface area contributed by atoms with Crippen LogP contribution in [0.1, 0.15) is 23.7 Å². The second kappa shape index (κ2) is 6.17. The molecule has 114 valence electrons. The number of hydrogen-bond donors (Lipinski definition) is 1. The lowest BCUT2D eigenvalue weighted by Crippen LogP contribution is -2.48. The Hall–Kier alpha value is -1.37. The Morgan fingerprint density at radius 2 is 2.14 bits per heavy atom. The highest BCUT2D eigenvalue weighted by atomic mass is 35.5. The minimum atomic E-state index is -0.603. The number of nitro groups is 1. The van der Waals surface area contributed by atoms with Gasteiger partial charge in [0.15, 0.2) is 0 Å². The molecule has 1 aliphatic heterocycles. The second-order valence-electron chi connectivity index (χ2n) is 5.23. The van der Waals surface area contributed by atoms with Crippen molar-refractivity contribution >= 4 is 34.8 Å². The van der Waals surface area contributed by atoms with Gasteiger partial charge in [-0.15, -0.1) is 0 Å². The number of hydrogen-bond acceptors (Lipinski definition) is 4. The number of non-ortho nitro benzene ring substituents is 1. The first-order chi connectivity index (χ1) is 9.81. The van der Waals surface area contributed by atoms with Crippen molar-refractivity contribution in [3.8, 4) is 0 Å². The molecule has 2 unspecified atom stereocenters. The molecular weight excluding hydrogens is 317 g/mol. The number of nitro benzene ring substituents is 1. The third kappa shape index (κ3) is 3.28. The predicted molar refractivity (Wildman–Crippen MR) is 80.8 cm³/mol. The van der Waals surface area contributed by atoms with E-state index in [0.717, 1.165) is 12.1 Å². The van der Waals surface area contributed by atoms with Crippen LogP contribution in [-0.2, 0) is 0 Å². The summed E-state index contributed by atoms with van der Waals surface area (Å²) in [6.07, 6.45) is 0.688. The van der Waals surface area contributed by atoms with Crippen molar-refractivity contribution in [3.63, 3.8) is 0 Å². The highest BCUT2D eigenvalue weighted by molar-refractivity contribution is 6.44. The third-order valence-corrected chi connectivity index (χ3v) is 4.52. The summed E-state index contributed by atoms with van der Waals surface area (Å²) >= 11 is 11.9. The molecule has 1 aliphatic rings. The summed E-state index contributed by atoms with van der Waals surface area (Å²) < 4.78 is 0. The fourth-order valence-electron chi connectivity index (χ4n) is 2.35. The molecule has 1 saturated heterocycles. The predicted octanol–water partition coefficient (Wildman–Crippen LogP) is 2.71. The Balaban J connectivity index is 2.33. The Bertz CT molecular complexity index is 594. The lowest BCUT2D eigenvalue weighted by molar-refractivity contribution is -0.384. The average molecular weight is 332 g/mol. The van der Waals surface area contributed by atoms with E-state index in [4.69, 9.17) is 28.9 Å². The Morgan fingerprint density at radius 3 is 2.71 bits per heavy atom. The van der Waals surface area contributed by atoms with Crippen LogP contribution in [0, 0.1) is 16.0 Å². The van der Waals surface area contributed by atoms with E-state index < -0.39 is 4.92 Å². The molecule has 1 aromatic carbocycles. The number of piperidine rings is 1. The SMILES string of the molecule is CC1CN(C(=O)c2cc([N+](=O)[O-])cc(Cl)c2Cl)CCC1N. The molecule has 1 aromatic rings. The fraction of sp³-hybridized carbons (Fsp3) is 0.462. The van der Waals surface area contributed by atoms with Gasteiger partial charge in [0.2, 0.25) is 0 Å². The normalized spacial score (nSPS) is 22.2. The van der Waals surface area contributed by atoms with Crippen LogP contribution in [0.15, 0.2) is 12.1 Å². The number of nitrogens with two attached hydrogens (primary N) is 1. The van der Waals surface area contributed by atoms with E-state index in [1.54, 1.807) is 4.90 Å². The van der Waals surface area contributed by atoms with Crippen molar-refractivity contribution in [2.45, 2.75) is 19.4 Å².